The molecule has 0 fully saturated rings. The van der Waals surface area contributed by atoms with E-state index in [2.05, 4.69) is 29.7 Å². The summed E-state index contributed by atoms with van der Waals surface area (Å²) in [6.45, 7) is 8.18. The summed E-state index contributed by atoms with van der Waals surface area (Å²) in [7, 11) is 0.789. The largest absolute Gasteiger partial charge is 0.360 e. The van der Waals surface area contributed by atoms with Crippen molar-refractivity contribution in [1.29, 1.82) is 0 Å². The lowest BCUT2D eigenvalue weighted by Gasteiger charge is -2.15. The van der Waals surface area contributed by atoms with Gasteiger partial charge in [0.05, 0.1) is 17.9 Å². The van der Waals surface area contributed by atoms with Gasteiger partial charge in [-0.15, -0.1) is 0 Å². The van der Waals surface area contributed by atoms with Crippen molar-refractivity contribution in [2.45, 2.75) is 32.4 Å². The highest BCUT2D eigenvalue weighted by atomic mass is 35.5. The van der Waals surface area contributed by atoms with Gasteiger partial charge in [0.25, 0.3) is 0 Å². The molecule has 3 aromatic rings. The fourth-order valence-corrected chi connectivity index (χ4v) is 3.35. The molecule has 0 bridgehead atoms. The van der Waals surface area contributed by atoms with Crippen LogP contribution in [-0.4, -0.2) is 39.2 Å². The third-order valence-corrected chi connectivity index (χ3v) is 5.70. The van der Waals surface area contributed by atoms with Crippen LogP contribution in [-0.2, 0) is 18.5 Å². The van der Waals surface area contributed by atoms with Crippen LogP contribution in [0.25, 0.3) is 22.2 Å². The Balaban J connectivity index is 1.88. The molecule has 3 heterocycles. The number of pyridine rings is 1. The first-order valence-electron chi connectivity index (χ1n) is 7.92. The molecule has 128 valence electrons. The second-order valence-electron chi connectivity index (χ2n) is 7.12. The zero-order valence-electron chi connectivity index (χ0n) is 14.5. The van der Waals surface area contributed by atoms with Gasteiger partial charge in [-0.2, -0.15) is 10.2 Å². The fourth-order valence-electron chi connectivity index (χ4n) is 2.43. The molecule has 0 unspecified atom stereocenters. The van der Waals surface area contributed by atoms with Crippen LogP contribution in [0.5, 0.6) is 0 Å². The van der Waals surface area contributed by atoms with Crippen molar-refractivity contribution in [3.05, 3.63) is 29.8 Å². The molecule has 24 heavy (non-hydrogen) atoms. The minimum absolute atomic E-state index is 0.407. The highest BCUT2D eigenvalue weighted by molar-refractivity contribution is 6.76. The second-order valence-corrected chi connectivity index (χ2v) is 13.1. The summed E-state index contributed by atoms with van der Waals surface area (Å²) in [5.41, 5.74) is 2.70. The predicted molar refractivity (Wildman–Crippen MR) is 98.8 cm³/mol. The Labute approximate surface area is 147 Å². The van der Waals surface area contributed by atoms with Crippen molar-refractivity contribution in [2.24, 2.45) is 7.05 Å². The van der Waals surface area contributed by atoms with E-state index in [0.29, 0.717) is 11.9 Å². The Bertz CT molecular complexity index is 852. The molecule has 0 aliphatic rings. The molecule has 0 atom stereocenters. The summed E-state index contributed by atoms with van der Waals surface area (Å²) in [4.78, 5) is 4.18. The predicted octanol–water partition coefficient (Wildman–Crippen LogP) is 3.80. The second kappa shape index (κ2) is 6.66. The zero-order chi connectivity index (χ0) is 17.3. The molecule has 0 saturated carbocycles. The summed E-state index contributed by atoms with van der Waals surface area (Å²) in [5, 5.41) is 10.3. The number of hydrogen-bond acceptors (Lipinski definition) is 4. The first-order chi connectivity index (χ1) is 11.3. The third kappa shape index (κ3) is 3.85. The maximum atomic E-state index is 6.07. The molecule has 0 saturated heterocycles. The minimum Gasteiger partial charge on any atom is -0.360 e. The molecule has 0 radical (unpaired) electrons. The Kier molecular flexibility index (Phi) is 4.75. The maximum Gasteiger partial charge on any atom is 0.140 e. The van der Waals surface area contributed by atoms with E-state index in [1.54, 1.807) is 17.1 Å². The average molecular weight is 364 g/mol. The van der Waals surface area contributed by atoms with Gasteiger partial charge in [-0.05, 0) is 12.1 Å². The smallest absolute Gasteiger partial charge is 0.140 e. The summed E-state index contributed by atoms with van der Waals surface area (Å²) in [5.74, 6) is 0. The van der Waals surface area contributed by atoms with Crippen molar-refractivity contribution < 1.29 is 4.74 Å². The van der Waals surface area contributed by atoms with Crippen LogP contribution in [0, 0.1) is 0 Å². The van der Waals surface area contributed by atoms with Gasteiger partial charge in [0.1, 0.15) is 17.6 Å². The lowest BCUT2D eigenvalue weighted by atomic mass is 10.2. The standard InChI is InChI=1S/C16H22ClN5OSi/c1-21-10-12(8-19-21)16-13-7-15(17)18-9-14(13)22(20-16)11-23-5-6-24(2,3)4/h7-10H,5-6,11H2,1-4H3. The van der Waals surface area contributed by atoms with Crippen molar-refractivity contribution >= 4 is 30.6 Å². The average Bonchev–Trinajstić information content (AvgIpc) is 3.06. The quantitative estimate of drug-likeness (QED) is 0.379. The minimum atomic E-state index is -1.10. The van der Waals surface area contributed by atoms with Crippen LogP contribution in [0.3, 0.4) is 0 Å². The zero-order valence-corrected chi connectivity index (χ0v) is 16.2. The van der Waals surface area contributed by atoms with Crippen LogP contribution >= 0.6 is 11.6 Å². The van der Waals surface area contributed by atoms with Gasteiger partial charge in [0.2, 0.25) is 0 Å². The molecular weight excluding hydrogens is 342 g/mol. The molecule has 0 N–H and O–H groups in total. The molecule has 0 aromatic carbocycles. The number of fused-ring (bicyclic) bond motifs is 1. The number of halogens is 1. The lowest BCUT2D eigenvalue weighted by Crippen LogP contribution is -2.22. The highest BCUT2D eigenvalue weighted by Crippen LogP contribution is 2.28. The molecule has 0 amide bonds. The van der Waals surface area contributed by atoms with Crippen molar-refractivity contribution in [2.75, 3.05) is 6.61 Å². The van der Waals surface area contributed by atoms with E-state index >= 15 is 0 Å². The van der Waals surface area contributed by atoms with E-state index in [0.717, 1.165) is 34.8 Å². The van der Waals surface area contributed by atoms with E-state index < -0.39 is 8.07 Å². The van der Waals surface area contributed by atoms with E-state index in [1.165, 1.54) is 0 Å². The third-order valence-electron chi connectivity index (χ3n) is 3.79. The molecule has 6 nitrogen and oxygen atoms in total. The Morgan fingerprint density at radius 3 is 2.71 bits per heavy atom. The van der Waals surface area contributed by atoms with Crippen molar-refractivity contribution in [3.8, 4) is 11.3 Å². The van der Waals surface area contributed by atoms with Gasteiger partial charge in [-0.25, -0.2) is 9.67 Å². The monoisotopic (exact) mass is 363 g/mol. The summed E-state index contributed by atoms with van der Waals surface area (Å²) in [6.07, 6.45) is 5.48. The summed E-state index contributed by atoms with van der Waals surface area (Å²) >= 11 is 6.07. The van der Waals surface area contributed by atoms with E-state index in [9.17, 15) is 0 Å². The Hall–Kier alpha value is -1.70. The van der Waals surface area contributed by atoms with Crippen LogP contribution < -0.4 is 0 Å². The van der Waals surface area contributed by atoms with E-state index in [1.807, 2.05) is 24.0 Å². The number of aryl methyl sites for hydroxylation is 1. The van der Waals surface area contributed by atoms with Gasteiger partial charge in [-0.3, -0.25) is 4.68 Å². The number of hydrogen-bond donors (Lipinski definition) is 0. The fraction of sp³-hybridized carbons (Fsp3) is 0.438. The van der Waals surface area contributed by atoms with Gasteiger partial charge in [-0.1, -0.05) is 31.2 Å². The topological polar surface area (TPSA) is 57.8 Å². The van der Waals surface area contributed by atoms with Crippen LogP contribution in [0.15, 0.2) is 24.7 Å². The number of aromatic nitrogens is 5. The van der Waals surface area contributed by atoms with Crippen LogP contribution in [0.2, 0.25) is 30.8 Å². The van der Waals surface area contributed by atoms with Crippen molar-refractivity contribution in [3.63, 3.8) is 0 Å². The van der Waals surface area contributed by atoms with Gasteiger partial charge in [0, 0.05) is 38.9 Å². The molecule has 0 aliphatic carbocycles. The summed E-state index contributed by atoms with van der Waals surface area (Å²) < 4.78 is 9.44. The first kappa shape index (κ1) is 17.1. The molecule has 3 aromatic heterocycles. The van der Waals surface area contributed by atoms with Gasteiger partial charge in [0.15, 0.2) is 0 Å². The van der Waals surface area contributed by atoms with Crippen LogP contribution in [0.4, 0.5) is 0 Å². The number of ether oxygens (including phenoxy) is 1. The molecule has 3 rings (SSSR count). The number of nitrogens with zero attached hydrogens (tertiary/aromatic N) is 5. The van der Waals surface area contributed by atoms with Crippen molar-refractivity contribution in [1.82, 2.24) is 24.5 Å². The summed E-state index contributed by atoms with van der Waals surface area (Å²) in [6, 6.07) is 2.97. The molecular formula is C16H22ClN5OSi. The SMILES string of the molecule is Cn1cc(-c2nn(COCC[Si](C)(C)C)c3cnc(Cl)cc23)cn1. The van der Waals surface area contributed by atoms with Crippen LogP contribution in [0.1, 0.15) is 0 Å². The lowest BCUT2D eigenvalue weighted by molar-refractivity contribution is 0.0818. The van der Waals surface area contributed by atoms with Gasteiger partial charge >= 0.3 is 0 Å². The van der Waals surface area contributed by atoms with E-state index in [-0.39, 0.29) is 0 Å². The Morgan fingerprint density at radius 1 is 1.25 bits per heavy atom. The van der Waals surface area contributed by atoms with E-state index in [4.69, 9.17) is 21.4 Å². The maximum absolute atomic E-state index is 6.07. The Morgan fingerprint density at radius 2 is 2.04 bits per heavy atom. The molecule has 0 spiro atoms. The molecule has 0 aliphatic heterocycles. The molecule has 8 heteroatoms. The number of rotatable bonds is 6. The van der Waals surface area contributed by atoms with Gasteiger partial charge < -0.3 is 4.74 Å². The normalized spacial score (nSPS) is 12.2. The highest BCUT2D eigenvalue weighted by Gasteiger charge is 2.16. The first-order valence-corrected chi connectivity index (χ1v) is 12.0.